The monoisotopic (exact) mass is 347 g/mol. The molecule has 26 heavy (non-hydrogen) atoms. The predicted octanol–water partition coefficient (Wildman–Crippen LogP) is 2.63. The zero-order valence-corrected chi connectivity index (χ0v) is 14.7. The number of nitrogens with zero attached hydrogens (tertiary/aromatic N) is 4. The van der Waals surface area contributed by atoms with Crippen molar-refractivity contribution in [2.45, 2.75) is 0 Å². The van der Waals surface area contributed by atoms with Gasteiger partial charge in [-0.1, -0.05) is 30.3 Å². The second kappa shape index (κ2) is 7.09. The van der Waals surface area contributed by atoms with Gasteiger partial charge in [-0.05, 0) is 31.3 Å². The lowest BCUT2D eigenvalue weighted by Crippen LogP contribution is -2.45. The summed E-state index contributed by atoms with van der Waals surface area (Å²) in [5, 5.41) is 2.96. The summed E-state index contributed by atoms with van der Waals surface area (Å²) in [6, 6.07) is 16.9. The van der Waals surface area contributed by atoms with Crippen molar-refractivity contribution < 1.29 is 4.79 Å². The van der Waals surface area contributed by atoms with Gasteiger partial charge in [0.15, 0.2) is 11.6 Å². The Hall–Kier alpha value is -2.99. The molecule has 6 heteroatoms. The third kappa shape index (κ3) is 3.36. The Morgan fingerprint density at radius 3 is 2.19 bits per heavy atom. The first-order valence-corrected chi connectivity index (χ1v) is 8.77. The van der Waals surface area contributed by atoms with E-state index in [1.165, 1.54) is 0 Å². The van der Waals surface area contributed by atoms with E-state index in [1.807, 2.05) is 42.5 Å². The van der Waals surface area contributed by atoms with Gasteiger partial charge in [0.1, 0.15) is 0 Å². The molecule has 1 fully saturated rings. The van der Waals surface area contributed by atoms with Crippen LogP contribution in [0.2, 0.25) is 0 Å². The molecule has 3 aromatic rings. The number of piperazine rings is 1. The lowest BCUT2D eigenvalue weighted by Gasteiger charge is -2.33. The molecule has 2 heterocycles. The Kier molecular flexibility index (Phi) is 4.50. The largest absolute Gasteiger partial charge is 0.351 e. The van der Waals surface area contributed by atoms with Crippen molar-refractivity contribution in [3.63, 3.8) is 0 Å². The van der Waals surface area contributed by atoms with Crippen LogP contribution >= 0.6 is 0 Å². The topological polar surface area (TPSA) is 61.4 Å². The summed E-state index contributed by atoms with van der Waals surface area (Å²) in [6.07, 6.45) is 0. The lowest BCUT2D eigenvalue weighted by atomic mass is 10.2. The van der Waals surface area contributed by atoms with E-state index < -0.39 is 0 Å². The van der Waals surface area contributed by atoms with Gasteiger partial charge < -0.3 is 15.1 Å². The highest BCUT2D eigenvalue weighted by atomic mass is 16.1. The van der Waals surface area contributed by atoms with Gasteiger partial charge in [0.2, 0.25) is 0 Å². The second-order valence-electron chi connectivity index (χ2n) is 6.50. The number of benzene rings is 2. The maximum Gasteiger partial charge on any atom is 0.256 e. The van der Waals surface area contributed by atoms with Crippen LogP contribution in [0.4, 0.5) is 11.6 Å². The highest BCUT2D eigenvalue weighted by Gasteiger charge is 2.21. The smallest absolute Gasteiger partial charge is 0.256 e. The van der Waals surface area contributed by atoms with E-state index in [9.17, 15) is 4.79 Å². The van der Waals surface area contributed by atoms with Crippen molar-refractivity contribution in [2.24, 2.45) is 0 Å². The predicted molar refractivity (Wildman–Crippen MR) is 104 cm³/mol. The van der Waals surface area contributed by atoms with Gasteiger partial charge in [-0.2, -0.15) is 0 Å². The van der Waals surface area contributed by atoms with E-state index in [0.717, 1.165) is 43.0 Å². The van der Waals surface area contributed by atoms with Gasteiger partial charge >= 0.3 is 0 Å². The molecule has 4 rings (SSSR count). The number of nitrogens with one attached hydrogen (secondary N) is 1. The number of hydrogen-bond acceptors (Lipinski definition) is 5. The van der Waals surface area contributed by atoms with Crippen molar-refractivity contribution in [3.8, 4) is 0 Å². The lowest BCUT2D eigenvalue weighted by molar-refractivity contribution is 0.102. The normalized spacial score (nSPS) is 15.2. The Labute approximate surface area is 152 Å². The van der Waals surface area contributed by atoms with E-state index in [0.29, 0.717) is 11.4 Å². The minimum atomic E-state index is -0.175. The molecule has 0 bridgehead atoms. The van der Waals surface area contributed by atoms with Crippen LogP contribution in [0.25, 0.3) is 11.0 Å². The maximum absolute atomic E-state index is 12.6. The number of anilines is 2. The molecule has 0 saturated carbocycles. The van der Waals surface area contributed by atoms with Crippen LogP contribution in [0.1, 0.15) is 10.4 Å². The number of carbonyl (C=O) groups is 1. The first-order chi connectivity index (χ1) is 12.7. The molecule has 132 valence electrons. The van der Waals surface area contributed by atoms with E-state index in [4.69, 9.17) is 4.98 Å². The Bertz CT molecular complexity index is 920. The minimum absolute atomic E-state index is 0.175. The molecule has 0 aliphatic carbocycles. The van der Waals surface area contributed by atoms with Crippen molar-refractivity contribution in [2.75, 3.05) is 43.4 Å². The SMILES string of the molecule is CN1CCN(c2nc3ccccc3nc2NC(=O)c2ccccc2)CC1. The van der Waals surface area contributed by atoms with Crippen LogP contribution in [0.3, 0.4) is 0 Å². The molecule has 0 atom stereocenters. The number of rotatable bonds is 3. The van der Waals surface area contributed by atoms with Crippen molar-refractivity contribution in [1.82, 2.24) is 14.9 Å². The Morgan fingerprint density at radius 1 is 0.885 bits per heavy atom. The second-order valence-corrected chi connectivity index (χ2v) is 6.50. The van der Waals surface area contributed by atoms with Gasteiger partial charge in [-0.25, -0.2) is 9.97 Å². The molecule has 6 nitrogen and oxygen atoms in total. The van der Waals surface area contributed by atoms with Crippen molar-refractivity contribution in [1.29, 1.82) is 0 Å². The van der Waals surface area contributed by atoms with Crippen LogP contribution in [0, 0.1) is 0 Å². The first kappa shape index (κ1) is 16.5. The summed E-state index contributed by atoms with van der Waals surface area (Å²) in [6.45, 7) is 3.64. The van der Waals surface area contributed by atoms with Gasteiger partial charge in [-0.15, -0.1) is 0 Å². The average molecular weight is 347 g/mol. The van der Waals surface area contributed by atoms with E-state index in [1.54, 1.807) is 12.1 Å². The number of hydrogen-bond donors (Lipinski definition) is 1. The number of amides is 1. The summed E-state index contributed by atoms with van der Waals surface area (Å²) in [4.78, 5) is 26.6. The molecular formula is C20H21N5O. The highest BCUT2D eigenvalue weighted by Crippen LogP contribution is 2.26. The molecule has 1 aliphatic rings. The fraction of sp³-hybridized carbons (Fsp3) is 0.250. The quantitative estimate of drug-likeness (QED) is 0.789. The summed E-state index contributed by atoms with van der Waals surface area (Å²) >= 11 is 0. The Morgan fingerprint density at radius 2 is 1.50 bits per heavy atom. The van der Waals surface area contributed by atoms with Gasteiger partial charge in [0.25, 0.3) is 5.91 Å². The third-order valence-corrected chi connectivity index (χ3v) is 4.62. The molecule has 1 amide bonds. The van der Waals surface area contributed by atoms with Gasteiger partial charge in [0.05, 0.1) is 11.0 Å². The first-order valence-electron chi connectivity index (χ1n) is 8.77. The van der Waals surface area contributed by atoms with E-state index in [2.05, 4.69) is 27.1 Å². The summed E-state index contributed by atoms with van der Waals surface area (Å²) in [5.74, 6) is 1.08. The van der Waals surface area contributed by atoms with Crippen molar-refractivity contribution >= 4 is 28.6 Å². The summed E-state index contributed by atoms with van der Waals surface area (Å²) in [5.41, 5.74) is 2.21. The Balaban J connectivity index is 1.71. The molecule has 2 aromatic carbocycles. The minimum Gasteiger partial charge on any atom is -0.351 e. The number of likely N-dealkylation sites (N-methyl/N-ethyl adjacent to an activating group) is 1. The van der Waals surface area contributed by atoms with Gasteiger partial charge in [0, 0.05) is 31.7 Å². The third-order valence-electron chi connectivity index (χ3n) is 4.62. The van der Waals surface area contributed by atoms with Gasteiger partial charge in [-0.3, -0.25) is 4.79 Å². The number of carbonyl (C=O) groups excluding carboxylic acids is 1. The maximum atomic E-state index is 12.6. The summed E-state index contributed by atoms with van der Waals surface area (Å²) < 4.78 is 0. The molecule has 1 saturated heterocycles. The average Bonchev–Trinajstić information content (AvgIpc) is 2.69. The fourth-order valence-electron chi connectivity index (χ4n) is 3.08. The molecule has 1 N–H and O–H groups in total. The molecular weight excluding hydrogens is 326 g/mol. The number of para-hydroxylation sites is 2. The zero-order chi connectivity index (χ0) is 17.9. The zero-order valence-electron chi connectivity index (χ0n) is 14.7. The number of fused-ring (bicyclic) bond motifs is 1. The molecule has 0 spiro atoms. The standard InChI is InChI=1S/C20H21N5O/c1-24-11-13-25(14-12-24)19-18(21-16-9-5-6-10-17(16)22-19)23-20(26)15-7-3-2-4-8-15/h2-10H,11-14H2,1H3,(H,21,23,26). The molecule has 0 radical (unpaired) electrons. The van der Waals surface area contributed by atoms with Crippen LogP contribution in [-0.4, -0.2) is 54.0 Å². The molecule has 1 aliphatic heterocycles. The number of aromatic nitrogens is 2. The van der Waals surface area contributed by atoms with E-state index in [-0.39, 0.29) is 5.91 Å². The summed E-state index contributed by atoms with van der Waals surface area (Å²) in [7, 11) is 2.11. The van der Waals surface area contributed by atoms with Crippen LogP contribution in [-0.2, 0) is 0 Å². The molecule has 1 aromatic heterocycles. The van der Waals surface area contributed by atoms with Crippen LogP contribution in [0.15, 0.2) is 54.6 Å². The molecule has 0 unspecified atom stereocenters. The van der Waals surface area contributed by atoms with Crippen LogP contribution < -0.4 is 10.2 Å². The fourth-order valence-corrected chi connectivity index (χ4v) is 3.08. The highest BCUT2D eigenvalue weighted by molar-refractivity contribution is 6.05. The van der Waals surface area contributed by atoms with Crippen LogP contribution in [0.5, 0.6) is 0 Å². The van der Waals surface area contributed by atoms with E-state index >= 15 is 0 Å². The van der Waals surface area contributed by atoms with Crippen molar-refractivity contribution in [3.05, 3.63) is 60.2 Å².